The monoisotopic (exact) mass is 370 g/mol. The lowest BCUT2D eigenvalue weighted by atomic mass is 10.1. The van der Waals surface area contributed by atoms with E-state index in [1.807, 2.05) is 23.2 Å². The zero-order valence-corrected chi connectivity index (χ0v) is 16.7. The summed E-state index contributed by atoms with van der Waals surface area (Å²) in [6.45, 7) is 2.26. The zero-order valence-electron chi connectivity index (χ0n) is 14.2. The maximum Gasteiger partial charge on any atom is 0.182 e. The lowest BCUT2D eigenvalue weighted by Crippen LogP contribution is -2.05. The SMILES string of the molecule is CCCCCCCCCSc1nc2c([nH]1)c(=S)n(C)c(=S)n2C. The molecule has 0 aliphatic carbocycles. The molecule has 2 rings (SSSR count). The van der Waals surface area contributed by atoms with Crippen LogP contribution in [-0.2, 0) is 14.1 Å². The van der Waals surface area contributed by atoms with Gasteiger partial charge in [0.25, 0.3) is 0 Å². The molecule has 128 valence electrons. The molecule has 0 saturated carbocycles. The Bertz CT molecular complexity index is 757. The minimum Gasteiger partial charge on any atom is -0.329 e. The molecule has 2 aromatic rings. The van der Waals surface area contributed by atoms with Gasteiger partial charge in [-0.05, 0) is 18.6 Å². The van der Waals surface area contributed by atoms with Crippen LogP contribution in [-0.4, -0.2) is 24.9 Å². The van der Waals surface area contributed by atoms with Crippen LogP contribution < -0.4 is 0 Å². The molecule has 0 unspecified atom stereocenters. The Balaban J connectivity index is 1.90. The molecule has 0 aliphatic heterocycles. The first-order valence-corrected chi connectivity index (χ1v) is 10.1. The standard InChI is InChI=1S/C16H26N4S3/c1-4-5-6-7-8-9-10-11-23-15-17-12-13(18-15)19(2)16(22)20(3)14(12)21/h4-11H2,1-3H3,(H,17,18). The van der Waals surface area contributed by atoms with Gasteiger partial charge in [-0.25, -0.2) is 4.98 Å². The molecular formula is C16H26N4S3. The fourth-order valence-electron chi connectivity index (χ4n) is 2.60. The van der Waals surface area contributed by atoms with E-state index >= 15 is 0 Å². The van der Waals surface area contributed by atoms with Crippen molar-refractivity contribution in [1.29, 1.82) is 0 Å². The Kier molecular flexibility index (Phi) is 7.30. The van der Waals surface area contributed by atoms with Crippen molar-refractivity contribution in [2.75, 3.05) is 5.75 Å². The number of rotatable bonds is 9. The van der Waals surface area contributed by atoms with Gasteiger partial charge in [0.15, 0.2) is 15.6 Å². The molecule has 4 nitrogen and oxygen atoms in total. The minimum absolute atomic E-state index is 0.692. The second-order valence-electron chi connectivity index (χ2n) is 5.92. The topological polar surface area (TPSA) is 38.5 Å². The van der Waals surface area contributed by atoms with Crippen LogP contribution in [0.3, 0.4) is 0 Å². The average molecular weight is 371 g/mol. The van der Waals surface area contributed by atoms with Gasteiger partial charge >= 0.3 is 0 Å². The fraction of sp³-hybridized carbons (Fsp3) is 0.688. The van der Waals surface area contributed by atoms with Crippen LogP contribution in [0.15, 0.2) is 5.16 Å². The number of H-pyrrole nitrogens is 1. The number of unbranched alkanes of at least 4 members (excludes halogenated alkanes) is 6. The summed E-state index contributed by atoms with van der Waals surface area (Å²) in [4.78, 5) is 8.01. The van der Waals surface area contributed by atoms with E-state index < -0.39 is 0 Å². The van der Waals surface area contributed by atoms with E-state index in [1.165, 1.54) is 44.9 Å². The Morgan fingerprint density at radius 1 is 1.00 bits per heavy atom. The highest BCUT2D eigenvalue weighted by molar-refractivity contribution is 7.99. The molecule has 23 heavy (non-hydrogen) atoms. The largest absolute Gasteiger partial charge is 0.329 e. The van der Waals surface area contributed by atoms with Gasteiger partial charge in [0, 0.05) is 19.8 Å². The van der Waals surface area contributed by atoms with Gasteiger partial charge in [-0.15, -0.1) is 0 Å². The molecule has 0 bridgehead atoms. The molecular weight excluding hydrogens is 344 g/mol. The summed E-state index contributed by atoms with van der Waals surface area (Å²) in [5.41, 5.74) is 1.75. The number of aromatic nitrogens is 4. The van der Waals surface area contributed by atoms with Gasteiger partial charge in [0.05, 0.1) is 0 Å². The highest BCUT2D eigenvalue weighted by Gasteiger charge is 2.10. The third kappa shape index (κ3) is 4.67. The summed E-state index contributed by atoms with van der Waals surface area (Å²) in [6, 6.07) is 0. The summed E-state index contributed by atoms with van der Waals surface area (Å²) < 4.78 is 5.17. The molecule has 0 atom stereocenters. The van der Waals surface area contributed by atoms with E-state index in [0.29, 0.717) is 4.77 Å². The Hall–Kier alpha value is -0.660. The van der Waals surface area contributed by atoms with Crippen molar-refractivity contribution in [1.82, 2.24) is 19.1 Å². The van der Waals surface area contributed by atoms with Gasteiger partial charge in [-0.2, -0.15) is 0 Å². The third-order valence-electron chi connectivity index (χ3n) is 4.06. The number of aryl methyl sites for hydroxylation is 1. The molecule has 7 heteroatoms. The van der Waals surface area contributed by atoms with Crippen molar-refractivity contribution in [3.63, 3.8) is 0 Å². The summed E-state index contributed by atoms with van der Waals surface area (Å²) in [5.74, 6) is 1.09. The van der Waals surface area contributed by atoms with Crippen molar-refractivity contribution in [2.45, 2.75) is 57.0 Å². The van der Waals surface area contributed by atoms with Crippen LogP contribution in [0.1, 0.15) is 51.9 Å². The van der Waals surface area contributed by atoms with Crippen molar-refractivity contribution in [3.05, 3.63) is 9.41 Å². The Morgan fingerprint density at radius 2 is 1.65 bits per heavy atom. The molecule has 2 aromatic heterocycles. The van der Waals surface area contributed by atoms with Gasteiger partial charge in [0.1, 0.15) is 10.2 Å². The number of nitrogens with one attached hydrogen (secondary N) is 1. The number of nitrogens with zero attached hydrogens (tertiary/aromatic N) is 3. The summed E-state index contributed by atoms with van der Waals surface area (Å²) in [6.07, 6.45) is 9.33. The molecule has 0 saturated heterocycles. The Morgan fingerprint density at radius 3 is 2.35 bits per heavy atom. The van der Waals surface area contributed by atoms with Gasteiger partial charge in [-0.3, -0.25) is 0 Å². The quantitative estimate of drug-likeness (QED) is 0.357. The van der Waals surface area contributed by atoms with Crippen molar-refractivity contribution < 1.29 is 0 Å². The van der Waals surface area contributed by atoms with Gasteiger partial charge in [0.2, 0.25) is 0 Å². The second-order valence-corrected chi connectivity index (χ2v) is 7.75. The number of hydrogen-bond acceptors (Lipinski definition) is 4. The normalized spacial score (nSPS) is 11.4. The lowest BCUT2D eigenvalue weighted by Gasteiger charge is -2.05. The number of aromatic amines is 1. The second kappa shape index (κ2) is 8.99. The minimum atomic E-state index is 0.692. The predicted molar refractivity (Wildman–Crippen MR) is 104 cm³/mol. The molecule has 0 amide bonds. The number of hydrogen-bond donors (Lipinski definition) is 1. The highest BCUT2D eigenvalue weighted by Crippen LogP contribution is 2.22. The lowest BCUT2D eigenvalue weighted by molar-refractivity contribution is 0.603. The van der Waals surface area contributed by atoms with E-state index in [0.717, 1.165) is 26.7 Å². The fourth-order valence-corrected chi connectivity index (χ4v) is 3.93. The third-order valence-corrected chi connectivity index (χ3v) is 6.05. The van der Waals surface area contributed by atoms with Crippen LogP contribution in [0.5, 0.6) is 0 Å². The van der Waals surface area contributed by atoms with Crippen molar-refractivity contribution >= 4 is 47.4 Å². The summed E-state index contributed by atoms with van der Waals surface area (Å²) in [7, 11) is 3.83. The molecule has 2 heterocycles. The van der Waals surface area contributed by atoms with Crippen LogP contribution in [0, 0.1) is 9.41 Å². The van der Waals surface area contributed by atoms with E-state index in [9.17, 15) is 0 Å². The highest BCUT2D eigenvalue weighted by atomic mass is 32.2. The Labute approximate surface area is 152 Å². The van der Waals surface area contributed by atoms with Crippen LogP contribution in [0.25, 0.3) is 11.2 Å². The predicted octanol–water partition coefficient (Wildman–Crippen LogP) is 5.54. The van der Waals surface area contributed by atoms with E-state index in [1.54, 1.807) is 11.8 Å². The van der Waals surface area contributed by atoms with Gasteiger partial charge < -0.3 is 14.1 Å². The van der Waals surface area contributed by atoms with E-state index in [-0.39, 0.29) is 0 Å². The molecule has 0 aromatic carbocycles. The van der Waals surface area contributed by atoms with Crippen LogP contribution >= 0.6 is 36.2 Å². The first kappa shape index (κ1) is 18.7. The van der Waals surface area contributed by atoms with Crippen LogP contribution in [0.2, 0.25) is 0 Å². The van der Waals surface area contributed by atoms with Crippen molar-refractivity contribution in [2.24, 2.45) is 14.1 Å². The van der Waals surface area contributed by atoms with E-state index in [4.69, 9.17) is 24.4 Å². The van der Waals surface area contributed by atoms with E-state index in [2.05, 4.69) is 16.9 Å². The molecule has 1 N–H and O–H groups in total. The molecule has 0 radical (unpaired) electrons. The number of thioether (sulfide) groups is 1. The average Bonchev–Trinajstić information content (AvgIpc) is 2.98. The summed E-state index contributed by atoms with van der Waals surface area (Å²) >= 11 is 12.6. The zero-order chi connectivity index (χ0) is 16.8. The maximum absolute atomic E-state index is 5.46. The van der Waals surface area contributed by atoms with Crippen molar-refractivity contribution in [3.8, 4) is 0 Å². The number of fused-ring (bicyclic) bond motifs is 1. The maximum atomic E-state index is 5.46. The molecule has 0 fully saturated rings. The first-order chi connectivity index (χ1) is 11.1. The van der Waals surface area contributed by atoms with Gasteiger partial charge in [-0.1, -0.05) is 69.4 Å². The smallest absolute Gasteiger partial charge is 0.182 e. The molecule has 0 aliphatic rings. The van der Waals surface area contributed by atoms with Crippen LogP contribution in [0.4, 0.5) is 0 Å². The first-order valence-electron chi connectivity index (χ1n) is 8.34. The summed E-state index contributed by atoms with van der Waals surface area (Å²) in [5, 5.41) is 0.938. The molecule has 0 spiro atoms. The number of imidazole rings is 1.